The lowest BCUT2D eigenvalue weighted by Gasteiger charge is -2.14. The van der Waals surface area contributed by atoms with Gasteiger partial charge in [-0.05, 0) is 38.5 Å². The van der Waals surface area contributed by atoms with E-state index >= 15 is 0 Å². The van der Waals surface area contributed by atoms with Crippen molar-refractivity contribution in [1.29, 1.82) is 0 Å². The van der Waals surface area contributed by atoms with Gasteiger partial charge in [0, 0.05) is 11.8 Å². The molecule has 128 valence electrons. The number of benzene rings is 1. The molecule has 5 nitrogen and oxygen atoms in total. The highest BCUT2D eigenvalue weighted by Crippen LogP contribution is 2.23. The Morgan fingerprint density at radius 1 is 1.21 bits per heavy atom. The zero-order chi connectivity index (χ0) is 18.0. The molecule has 2 rings (SSSR count). The molecule has 0 amide bonds. The van der Waals surface area contributed by atoms with Crippen molar-refractivity contribution < 1.29 is 27.8 Å². The number of hydrogen-bond acceptors (Lipinski definition) is 4. The molecular weight excluding hydrogens is 320 g/mol. The second-order valence-electron chi connectivity index (χ2n) is 5.32. The minimum Gasteiger partial charge on any atom is -0.479 e. The lowest BCUT2D eigenvalue weighted by Crippen LogP contribution is -2.25. The van der Waals surface area contributed by atoms with Crippen LogP contribution in [0.5, 0.6) is 5.75 Å². The normalized spacial score (nSPS) is 11.9. The van der Waals surface area contributed by atoms with Crippen LogP contribution in [0.3, 0.4) is 0 Å². The van der Waals surface area contributed by atoms with Gasteiger partial charge in [0.05, 0.1) is 18.4 Å². The Hall–Kier alpha value is -2.70. The van der Waals surface area contributed by atoms with Crippen LogP contribution >= 0.6 is 0 Å². The maximum Gasteiger partial charge on any atom is 0.339 e. The number of aryl methyl sites for hydroxylation is 1. The van der Waals surface area contributed by atoms with Gasteiger partial charge in [0.15, 0.2) is 17.7 Å². The molecule has 1 unspecified atom stereocenters. The Balaban J connectivity index is 2.27. The highest BCUT2D eigenvalue weighted by Gasteiger charge is 2.26. The smallest absolute Gasteiger partial charge is 0.339 e. The van der Waals surface area contributed by atoms with Crippen LogP contribution in [0.2, 0.25) is 0 Å². The van der Waals surface area contributed by atoms with Crippen LogP contribution in [0.4, 0.5) is 8.78 Å². The summed E-state index contributed by atoms with van der Waals surface area (Å²) in [7, 11) is 1.25. The lowest BCUT2D eigenvalue weighted by atomic mass is 10.1. The summed E-state index contributed by atoms with van der Waals surface area (Å²) in [4.78, 5) is 27.1. The number of methoxy groups -OCH3 is 1. The molecule has 1 aromatic carbocycles. The highest BCUT2D eigenvalue weighted by atomic mass is 19.1. The quantitative estimate of drug-likeness (QED) is 0.671. The second-order valence-corrected chi connectivity index (χ2v) is 5.32. The van der Waals surface area contributed by atoms with Gasteiger partial charge in [0.25, 0.3) is 0 Å². The number of carbonyl (C=O) groups excluding carboxylic acids is 2. The van der Waals surface area contributed by atoms with Crippen molar-refractivity contribution in [3.63, 3.8) is 0 Å². The average molecular weight is 337 g/mol. The molecule has 0 spiro atoms. The molecule has 0 radical (unpaired) electrons. The zero-order valence-electron chi connectivity index (χ0n) is 13.7. The van der Waals surface area contributed by atoms with E-state index < -0.39 is 29.5 Å². The molecule has 1 N–H and O–H groups in total. The molecule has 24 heavy (non-hydrogen) atoms. The van der Waals surface area contributed by atoms with Crippen LogP contribution < -0.4 is 4.74 Å². The number of ether oxygens (including phenoxy) is 2. The number of esters is 1. The molecule has 0 aliphatic carbocycles. The zero-order valence-corrected chi connectivity index (χ0v) is 13.7. The number of nitrogens with one attached hydrogen (secondary N) is 1. The van der Waals surface area contributed by atoms with E-state index in [4.69, 9.17) is 4.74 Å². The molecule has 0 saturated heterocycles. The van der Waals surface area contributed by atoms with Crippen molar-refractivity contribution in [2.75, 3.05) is 7.11 Å². The van der Waals surface area contributed by atoms with Crippen molar-refractivity contribution in [3.8, 4) is 5.75 Å². The molecule has 0 fully saturated rings. The minimum absolute atomic E-state index is 0.183. The van der Waals surface area contributed by atoms with Crippen molar-refractivity contribution in [2.24, 2.45) is 0 Å². The molecule has 0 bridgehead atoms. The van der Waals surface area contributed by atoms with Gasteiger partial charge in [-0.2, -0.15) is 0 Å². The number of halogens is 2. The fraction of sp³-hybridized carbons (Fsp3) is 0.294. The van der Waals surface area contributed by atoms with Crippen molar-refractivity contribution in [2.45, 2.75) is 26.9 Å². The third kappa shape index (κ3) is 3.29. The summed E-state index contributed by atoms with van der Waals surface area (Å²) in [5.74, 6) is -2.89. The third-order valence-electron chi connectivity index (χ3n) is 3.64. The standard InChI is InChI=1S/C17H17F2NO4/c1-8-14(17(22)23-4)9(2)20-15(8)16(21)10(3)24-13-6-5-11(18)7-12(13)19/h5-7,10,20H,1-4H3. The summed E-state index contributed by atoms with van der Waals surface area (Å²) in [6.45, 7) is 4.69. The Kier molecular flexibility index (Phi) is 5.02. The molecule has 1 heterocycles. The number of hydrogen-bond donors (Lipinski definition) is 1. The first-order valence-electron chi connectivity index (χ1n) is 7.19. The lowest BCUT2D eigenvalue weighted by molar-refractivity contribution is 0.0599. The summed E-state index contributed by atoms with van der Waals surface area (Å²) < 4.78 is 36.5. The SMILES string of the molecule is COC(=O)c1c(C)[nH]c(C(=O)C(C)Oc2ccc(F)cc2F)c1C. The van der Waals surface area contributed by atoms with Gasteiger partial charge in [-0.1, -0.05) is 0 Å². The van der Waals surface area contributed by atoms with Crippen molar-refractivity contribution >= 4 is 11.8 Å². The summed E-state index contributed by atoms with van der Waals surface area (Å²) in [5, 5.41) is 0. The minimum atomic E-state index is -1.03. The Morgan fingerprint density at radius 2 is 1.88 bits per heavy atom. The first kappa shape index (κ1) is 17.7. The van der Waals surface area contributed by atoms with E-state index in [2.05, 4.69) is 9.72 Å². The number of aromatic amines is 1. The van der Waals surface area contributed by atoms with Crippen LogP contribution in [0.1, 0.15) is 39.0 Å². The maximum absolute atomic E-state index is 13.6. The van der Waals surface area contributed by atoms with Gasteiger partial charge in [-0.3, -0.25) is 4.79 Å². The van der Waals surface area contributed by atoms with E-state index in [-0.39, 0.29) is 17.0 Å². The Labute approximate surface area is 137 Å². The Morgan fingerprint density at radius 3 is 2.46 bits per heavy atom. The first-order valence-corrected chi connectivity index (χ1v) is 7.19. The topological polar surface area (TPSA) is 68.4 Å². The number of ketones is 1. The van der Waals surface area contributed by atoms with Crippen molar-refractivity contribution in [1.82, 2.24) is 4.98 Å². The maximum atomic E-state index is 13.6. The fourth-order valence-corrected chi connectivity index (χ4v) is 2.42. The average Bonchev–Trinajstić information content (AvgIpc) is 2.83. The van der Waals surface area contributed by atoms with Crippen LogP contribution in [-0.4, -0.2) is 30.0 Å². The van der Waals surface area contributed by atoms with Crippen LogP contribution in [0.25, 0.3) is 0 Å². The Bertz CT molecular complexity index is 798. The molecule has 1 atom stereocenters. The predicted octanol–water partition coefficient (Wildman–Crippen LogP) is 3.35. The summed E-state index contributed by atoms with van der Waals surface area (Å²) in [5.41, 5.74) is 1.38. The van der Waals surface area contributed by atoms with E-state index in [9.17, 15) is 18.4 Å². The molecule has 0 saturated carbocycles. The van der Waals surface area contributed by atoms with Gasteiger partial charge in [-0.15, -0.1) is 0 Å². The van der Waals surface area contributed by atoms with Gasteiger partial charge in [0.1, 0.15) is 5.82 Å². The molecular formula is C17H17F2NO4. The fourth-order valence-electron chi connectivity index (χ4n) is 2.42. The van der Waals surface area contributed by atoms with E-state index in [1.54, 1.807) is 13.8 Å². The second kappa shape index (κ2) is 6.82. The number of H-pyrrole nitrogens is 1. The van der Waals surface area contributed by atoms with E-state index in [0.717, 1.165) is 12.1 Å². The summed E-state index contributed by atoms with van der Waals surface area (Å²) >= 11 is 0. The number of carbonyl (C=O) groups is 2. The van der Waals surface area contributed by atoms with Crippen LogP contribution in [0, 0.1) is 25.5 Å². The van der Waals surface area contributed by atoms with Gasteiger partial charge < -0.3 is 14.5 Å². The molecule has 7 heteroatoms. The van der Waals surface area contributed by atoms with Crippen molar-refractivity contribution in [3.05, 3.63) is 52.3 Å². The summed E-state index contributed by atoms with van der Waals surface area (Å²) in [6.07, 6.45) is -1.03. The first-order chi connectivity index (χ1) is 11.3. The van der Waals surface area contributed by atoms with Crippen LogP contribution in [0.15, 0.2) is 18.2 Å². The highest BCUT2D eigenvalue weighted by molar-refractivity contribution is 6.03. The molecule has 1 aromatic heterocycles. The van der Waals surface area contributed by atoms with Crippen LogP contribution in [-0.2, 0) is 4.74 Å². The number of Topliss-reactive ketones (excluding diaryl/α,β-unsaturated/α-hetero) is 1. The van der Waals surface area contributed by atoms with E-state index in [1.165, 1.54) is 14.0 Å². The van der Waals surface area contributed by atoms with E-state index in [0.29, 0.717) is 17.3 Å². The third-order valence-corrected chi connectivity index (χ3v) is 3.64. The predicted molar refractivity (Wildman–Crippen MR) is 82.4 cm³/mol. The molecule has 2 aromatic rings. The van der Waals surface area contributed by atoms with E-state index in [1.807, 2.05) is 0 Å². The largest absolute Gasteiger partial charge is 0.479 e. The monoisotopic (exact) mass is 337 g/mol. The molecule has 0 aliphatic rings. The van der Waals surface area contributed by atoms with Gasteiger partial charge >= 0.3 is 5.97 Å². The van der Waals surface area contributed by atoms with Gasteiger partial charge in [-0.25, -0.2) is 13.6 Å². The summed E-state index contributed by atoms with van der Waals surface area (Å²) in [6, 6.07) is 2.82. The molecule has 0 aliphatic heterocycles. The van der Waals surface area contributed by atoms with Gasteiger partial charge in [0.2, 0.25) is 5.78 Å². The number of rotatable bonds is 5. The number of aromatic nitrogens is 1.